The van der Waals surface area contributed by atoms with Crippen molar-refractivity contribution in [3.63, 3.8) is 0 Å². The Kier molecular flexibility index (Phi) is 6.99. The number of fused-ring (bicyclic) bond motifs is 1. The van der Waals surface area contributed by atoms with Gasteiger partial charge in [-0.05, 0) is 33.3 Å². The van der Waals surface area contributed by atoms with Crippen LogP contribution in [-0.2, 0) is 10.5 Å². The van der Waals surface area contributed by atoms with Crippen molar-refractivity contribution in [1.82, 2.24) is 20.3 Å². The van der Waals surface area contributed by atoms with Gasteiger partial charge in [-0.2, -0.15) is 0 Å². The fourth-order valence-corrected chi connectivity index (χ4v) is 4.06. The van der Waals surface area contributed by atoms with E-state index in [9.17, 15) is 4.79 Å². The Hall–Kier alpha value is -2.59. The van der Waals surface area contributed by atoms with Gasteiger partial charge < -0.3 is 21.1 Å². The maximum absolute atomic E-state index is 11.9. The molecule has 10 heteroatoms. The molecule has 0 aliphatic rings. The Balaban J connectivity index is 1.69. The van der Waals surface area contributed by atoms with Gasteiger partial charge in [0.05, 0.1) is 0 Å². The molecule has 1 atom stereocenters. The molecule has 8 nitrogen and oxygen atoms in total. The number of nitrogens with zero attached hydrogens (tertiary/aromatic N) is 3. The van der Waals surface area contributed by atoms with Gasteiger partial charge in [0.15, 0.2) is 21.8 Å². The molecule has 30 heavy (non-hydrogen) atoms. The number of anilines is 2. The van der Waals surface area contributed by atoms with E-state index >= 15 is 0 Å². The Morgan fingerprint density at radius 1 is 1.23 bits per heavy atom. The van der Waals surface area contributed by atoms with Crippen LogP contribution in [0.15, 0.2) is 35.5 Å². The van der Waals surface area contributed by atoms with Crippen LogP contribution in [-0.4, -0.2) is 39.2 Å². The smallest absolute Gasteiger partial charge is 0.407 e. The summed E-state index contributed by atoms with van der Waals surface area (Å²) in [6, 6.07) is 10.0. The van der Waals surface area contributed by atoms with Gasteiger partial charge in [-0.15, -0.1) is 0 Å². The van der Waals surface area contributed by atoms with Crippen LogP contribution in [0.1, 0.15) is 33.3 Å². The number of nitrogens with two attached hydrogens (primary N) is 1. The molecule has 1 aromatic carbocycles. The Bertz CT molecular complexity index is 1000. The number of amides is 1. The lowest BCUT2D eigenvalue weighted by Gasteiger charge is -2.21. The molecule has 3 aromatic rings. The van der Waals surface area contributed by atoms with Crippen molar-refractivity contribution >= 4 is 50.5 Å². The van der Waals surface area contributed by atoms with Crippen LogP contribution in [0.4, 0.5) is 15.7 Å². The minimum Gasteiger partial charge on any atom is -0.444 e. The van der Waals surface area contributed by atoms with Crippen LogP contribution in [0.3, 0.4) is 0 Å². The number of carbonyl (C=O) groups excluding carboxylic acids is 1. The lowest BCUT2D eigenvalue weighted by atomic mass is 10.2. The van der Waals surface area contributed by atoms with E-state index in [4.69, 9.17) is 10.5 Å². The standard InChI is InChI=1S/C20H26N6O2S2/c1-12(10-22-19(27)28-20(2,3)4)23-15-14-16(24-17(21)30-14)26-18(25-15)29-11-13-8-6-5-7-9-13/h5-9,12H,10-11H2,1-4H3,(H,22,27)(H3,21,23,24,25,26)/t12-/m1/s1. The number of thioether (sulfide) groups is 1. The van der Waals surface area contributed by atoms with E-state index in [2.05, 4.69) is 37.7 Å². The number of nitrogen functional groups attached to an aromatic ring is 1. The van der Waals surface area contributed by atoms with Crippen LogP contribution in [0.25, 0.3) is 10.3 Å². The van der Waals surface area contributed by atoms with Crippen molar-refractivity contribution in [1.29, 1.82) is 0 Å². The highest BCUT2D eigenvalue weighted by Crippen LogP contribution is 2.31. The van der Waals surface area contributed by atoms with Crippen molar-refractivity contribution in [2.24, 2.45) is 0 Å². The molecule has 0 saturated carbocycles. The number of benzene rings is 1. The van der Waals surface area contributed by atoms with Crippen molar-refractivity contribution in [2.45, 2.75) is 50.2 Å². The van der Waals surface area contributed by atoms with E-state index in [1.807, 2.05) is 45.9 Å². The zero-order valence-electron chi connectivity index (χ0n) is 17.4. The average molecular weight is 447 g/mol. The first-order chi connectivity index (χ1) is 14.2. The number of aromatic nitrogens is 3. The molecule has 0 bridgehead atoms. The lowest BCUT2D eigenvalue weighted by molar-refractivity contribution is 0.0526. The first kappa shape index (κ1) is 22.1. The van der Waals surface area contributed by atoms with Gasteiger partial charge in [-0.1, -0.05) is 53.4 Å². The molecule has 2 heterocycles. The summed E-state index contributed by atoms with van der Waals surface area (Å²) in [5, 5.41) is 7.15. The summed E-state index contributed by atoms with van der Waals surface area (Å²) in [4.78, 5) is 25.4. The van der Waals surface area contributed by atoms with Crippen LogP contribution in [0, 0.1) is 0 Å². The zero-order valence-corrected chi connectivity index (χ0v) is 19.1. The highest BCUT2D eigenvalue weighted by Gasteiger charge is 2.18. The number of hydrogen-bond donors (Lipinski definition) is 3. The fraction of sp³-hybridized carbons (Fsp3) is 0.400. The summed E-state index contributed by atoms with van der Waals surface area (Å²) in [7, 11) is 0. The normalized spacial score (nSPS) is 12.5. The van der Waals surface area contributed by atoms with E-state index in [1.165, 1.54) is 28.7 Å². The molecular formula is C20H26N6O2S2. The molecule has 4 N–H and O–H groups in total. The van der Waals surface area contributed by atoms with Crippen molar-refractivity contribution in [3.05, 3.63) is 35.9 Å². The van der Waals surface area contributed by atoms with Crippen LogP contribution >= 0.6 is 23.1 Å². The molecule has 0 fully saturated rings. The highest BCUT2D eigenvalue weighted by atomic mass is 32.2. The van der Waals surface area contributed by atoms with Crippen LogP contribution in [0.2, 0.25) is 0 Å². The number of carbonyl (C=O) groups is 1. The van der Waals surface area contributed by atoms with E-state index in [-0.39, 0.29) is 6.04 Å². The zero-order chi connectivity index (χ0) is 21.7. The van der Waals surface area contributed by atoms with E-state index in [0.717, 1.165) is 10.5 Å². The Labute approximate surface area is 184 Å². The monoisotopic (exact) mass is 446 g/mol. The summed E-state index contributed by atoms with van der Waals surface area (Å²) in [6.45, 7) is 7.81. The maximum Gasteiger partial charge on any atom is 0.407 e. The predicted molar refractivity (Wildman–Crippen MR) is 123 cm³/mol. The third-order valence-electron chi connectivity index (χ3n) is 3.80. The van der Waals surface area contributed by atoms with Gasteiger partial charge in [0.1, 0.15) is 10.3 Å². The highest BCUT2D eigenvalue weighted by molar-refractivity contribution is 7.98. The first-order valence-corrected chi connectivity index (χ1v) is 11.3. The third-order valence-corrected chi connectivity index (χ3v) is 5.59. The average Bonchev–Trinajstić information content (AvgIpc) is 3.05. The second kappa shape index (κ2) is 9.48. The molecule has 0 aliphatic heterocycles. The van der Waals surface area contributed by atoms with Crippen LogP contribution in [0.5, 0.6) is 0 Å². The number of alkyl carbamates (subject to hydrolysis) is 1. The van der Waals surface area contributed by atoms with Crippen molar-refractivity contribution in [2.75, 3.05) is 17.6 Å². The van der Waals surface area contributed by atoms with Gasteiger partial charge >= 0.3 is 6.09 Å². The molecular weight excluding hydrogens is 420 g/mol. The predicted octanol–water partition coefficient (Wildman–Crippen LogP) is 4.29. The minimum atomic E-state index is -0.537. The van der Waals surface area contributed by atoms with Crippen LogP contribution < -0.4 is 16.4 Å². The van der Waals surface area contributed by atoms with Gasteiger partial charge in [0, 0.05) is 18.3 Å². The summed E-state index contributed by atoms with van der Waals surface area (Å²) in [6.07, 6.45) is -0.454. The maximum atomic E-state index is 11.9. The molecule has 0 saturated heterocycles. The summed E-state index contributed by atoms with van der Waals surface area (Å²) >= 11 is 2.87. The first-order valence-electron chi connectivity index (χ1n) is 9.54. The quantitative estimate of drug-likeness (QED) is 0.364. The number of rotatable bonds is 7. The minimum absolute atomic E-state index is 0.0917. The number of nitrogens with one attached hydrogen (secondary N) is 2. The topological polar surface area (TPSA) is 115 Å². The van der Waals surface area contributed by atoms with E-state index in [0.29, 0.717) is 28.3 Å². The molecule has 0 radical (unpaired) electrons. The Morgan fingerprint density at radius 2 is 1.97 bits per heavy atom. The SMILES string of the molecule is C[C@H](CNC(=O)OC(C)(C)C)Nc1nc(SCc2ccccc2)nc2nc(N)sc12. The van der Waals surface area contributed by atoms with Crippen molar-refractivity contribution < 1.29 is 9.53 Å². The largest absolute Gasteiger partial charge is 0.444 e. The summed E-state index contributed by atoms with van der Waals surface area (Å²) in [5.41, 5.74) is 7.11. The van der Waals surface area contributed by atoms with Gasteiger partial charge in [-0.3, -0.25) is 0 Å². The summed E-state index contributed by atoms with van der Waals surface area (Å²) < 4.78 is 6.07. The summed E-state index contributed by atoms with van der Waals surface area (Å²) in [5.74, 6) is 1.41. The molecule has 0 unspecified atom stereocenters. The fourth-order valence-electron chi connectivity index (χ4n) is 2.54. The Morgan fingerprint density at radius 3 is 2.67 bits per heavy atom. The van der Waals surface area contributed by atoms with E-state index < -0.39 is 11.7 Å². The number of ether oxygens (including phenoxy) is 1. The van der Waals surface area contributed by atoms with E-state index in [1.54, 1.807) is 0 Å². The van der Waals surface area contributed by atoms with Gasteiger partial charge in [-0.25, -0.2) is 19.7 Å². The number of hydrogen-bond acceptors (Lipinski definition) is 9. The molecule has 0 spiro atoms. The third kappa shape index (κ3) is 6.46. The van der Waals surface area contributed by atoms with Gasteiger partial charge in [0.2, 0.25) is 0 Å². The molecule has 1 amide bonds. The molecule has 0 aliphatic carbocycles. The second-order valence-corrected chi connectivity index (χ2v) is 9.74. The molecule has 3 rings (SSSR count). The molecule has 2 aromatic heterocycles. The van der Waals surface area contributed by atoms with Crippen molar-refractivity contribution in [3.8, 4) is 0 Å². The lowest BCUT2D eigenvalue weighted by Crippen LogP contribution is -2.38. The second-order valence-electron chi connectivity index (χ2n) is 7.76. The van der Waals surface area contributed by atoms with Gasteiger partial charge in [0.25, 0.3) is 0 Å². The number of thiazole rings is 1. The molecule has 160 valence electrons.